The van der Waals surface area contributed by atoms with E-state index in [1.54, 1.807) is 36.3 Å². The lowest BCUT2D eigenvalue weighted by Gasteiger charge is -2.30. The lowest BCUT2D eigenvalue weighted by molar-refractivity contribution is -0.137. The second kappa shape index (κ2) is 14.6. The van der Waals surface area contributed by atoms with Crippen LogP contribution in [-0.4, -0.2) is 47.5 Å². The van der Waals surface area contributed by atoms with E-state index in [1.165, 1.54) is 0 Å². The molecule has 0 aliphatic rings. The fourth-order valence-electron chi connectivity index (χ4n) is 4.91. The molecular weight excluding hydrogens is 528 g/mol. The van der Waals surface area contributed by atoms with Crippen LogP contribution in [0.5, 0.6) is 5.75 Å². The van der Waals surface area contributed by atoms with Crippen LogP contribution in [0.15, 0.2) is 103 Å². The predicted molar refractivity (Wildman–Crippen MR) is 164 cm³/mol. The second-order valence-corrected chi connectivity index (χ2v) is 10.1. The van der Waals surface area contributed by atoms with Crippen molar-refractivity contribution >= 4 is 17.8 Å². The van der Waals surface area contributed by atoms with E-state index in [9.17, 15) is 19.5 Å². The van der Waals surface area contributed by atoms with Crippen LogP contribution in [0.1, 0.15) is 51.6 Å². The van der Waals surface area contributed by atoms with Crippen molar-refractivity contribution < 1.29 is 24.2 Å². The Balaban J connectivity index is 1.59. The third-order valence-corrected chi connectivity index (χ3v) is 7.28. The van der Waals surface area contributed by atoms with Crippen LogP contribution in [0.3, 0.4) is 0 Å². The number of aryl methyl sites for hydroxylation is 1. The molecule has 0 spiro atoms. The van der Waals surface area contributed by atoms with Gasteiger partial charge in [0.15, 0.2) is 0 Å². The molecular formula is C35H36N2O5. The van der Waals surface area contributed by atoms with E-state index in [4.69, 9.17) is 4.74 Å². The Kier molecular flexibility index (Phi) is 10.5. The van der Waals surface area contributed by atoms with E-state index in [2.05, 4.69) is 5.32 Å². The fraction of sp³-hybridized carbons (Fsp3) is 0.229. The van der Waals surface area contributed by atoms with Gasteiger partial charge in [0.2, 0.25) is 0 Å². The van der Waals surface area contributed by atoms with Gasteiger partial charge in [-0.2, -0.15) is 0 Å². The molecule has 0 heterocycles. The van der Waals surface area contributed by atoms with Crippen molar-refractivity contribution in [1.29, 1.82) is 0 Å². The van der Waals surface area contributed by atoms with Crippen molar-refractivity contribution in [2.24, 2.45) is 0 Å². The maximum atomic E-state index is 14.1. The Labute approximate surface area is 246 Å². The number of methoxy groups -OCH3 is 1. The van der Waals surface area contributed by atoms with E-state index in [0.29, 0.717) is 35.2 Å². The summed E-state index contributed by atoms with van der Waals surface area (Å²) < 4.78 is 5.20. The second-order valence-electron chi connectivity index (χ2n) is 10.1. The van der Waals surface area contributed by atoms with Crippen molar-refractivity contribution in [2.75, 3.05) is 13.7 Å². The number of rotatable bonds is 13. The number of nitrogens with one attached hydrogen (secondary N) is 1. The van der Waals surface area contributed by atoms with E-state index >= 15 is 0 Å². The van der Waals surface area contributed by atoms with Crippen molar-refractivity contribution in [2.45, 2.75) is 38.8 Å². The summed E-state index contributed by atoms with van der Waals surface area (Å²) in [6.45, 7) is 2.37. The Morgan fingerprint density at radius 3 is 2.02 bits per heavy atom. The highest BCUT2D eigenvalue weighted by Gasteiger charge is 2.26. The van der Waals surface area contributed by atoms with E-state index in [-0.39, 0.29) is 30.8 Å². The number of hydrogen-bond donors (Lipinski definition) is 2. The zero-order valence-corrected chi connectivity index (χ0v) is 24.0. The molecule has 0 aromatic heterocycles. The summed E-state index contributed by atoms with van der Waals surface area (Å²) in [5, 5.41) is 12.4. The van der Waals surface area contributed by atoms with Gasteiger partial charge in [0, 0.05) is 30.3 Å². The first-order valence-corrected chi connectivity index (χ1v) is 14.0. The highest BCUT2D eigenvalue weighted by molar-refractivity contribution is 6.06. The Bertz CT molecular complexity index is 1500. The van der Waals surface area contributed by atoms with Gasteiger partial charge in [0.05, 0.1) is 13.5 Å². The monoisotopic (exact) mass is 564 g/mol. The molecule has 2 amide bonds. The average Bonchev–Trinajstić information content (AvgIpc) is 3.03. The van der Waals surface area contributed by atoms with E-state index in [1.807, 2.05) is 85.8 Å². The fourth-order valence-corrected chi connectivity index (χ4v) is 4.91. The van der Waals surface area contributed by atoms with Crippen molar-refractivity contribution in [3.8, 4) is 16.9 Å². The van der Waals surface area contributed by atoms with Crippen LogP contribution in [0.25, 0.3) is 11.1 Å². The number of carboxylic acid groups (broad SMARTS) is 1. The summed E-state index contributed by atoms with van der Waals surface area (Å²) in [6, 6.07) is 31.7. The molecule has 0 fully saturated rings. The lowest BCUT2D eigenvalue weighted by atomic mass is 9.93. The van der Waals surface area contributed by atoms with E-state index in [0.717, 1.165) is 23.3 Å². The molecule has 1 unspecified atom stereocenters. The summed E-state index contributed by atoms with van der Waals surface area (Å²) in [5.74, 6) is -0.748. The number of hydrogen-bond acceptors (Lipinski definition) is 4. The topological polar surface area (TPSA) is 95.9 Å². The van der Waals surface area contributed by atoms with Crippen LogP contribution in [0.2, 0.25) is 0 Å². The maximum absolute atomic E-state index is 14.1. The van der Waals surface area contributed by atoms with Gasteiger partial charge in [-0.25, -0.2) is 0 Å². The molecule has 4 rings (SSSR count). The summed E-state index contributed by atoms with van der Waals surface area (Å²) in [7, 11) is 1.60. The molecule has 7 heteroatoms. The predicted octanol–water partition coefficient (Wildman–Crippen LogP) is 6.23. The number of amides is 2. The standard InChI is InChI=1S/C35H36N2O5/c1-25(16-17-26-10-4-3-5-11-26)37(23-22-33(38)39)35(41)32-15-9-7-13-30(32)29-12-6-8-14-31(29)34(40)36-24-27-18-20-28(42-2)21-19-27/h3-15,18-21,25H,16-17,22-24H2,1-2H3,(H,36,40)(H,38,39). The van der Waals surface area contributed by atoms with Gasteiger partial charge in [0.25, 0.3) is 11.8 Å². The molecule has 4 aromatic rings. The lowest BCUT2D eigenvalue weighted by Crippen LogP contribution is -2.40. The molecule has 216 valence electrons. The SMILES string of the molecule is COc1ccc(CNC(=O)c2ccccc2-c2ccccc2C(=O)N(CCC(=O)O)C(C)CCc2ccccc2)cc1. The van der Waals surface area contributed by atoms with Crippen molar-refractivity contribution in [1.82, 2.24) is 10.2 Å². The molecule has 0 bridgehead atoms. The number of carbonyl (C=O) groups is 3. The minimum atomic E-state index is -0.963. The first kappa shape index (κ1) is 30.1. The number of aliphatic carboxylic acids is 1. The van der Waals surface area contributed by atoms with Crippen LogP contribution >= 0.6 is 0 Å². The number of benzene rings is 4. The minimum absolute atomic E-state index is 0.0858. The Morgan fingerprint density at radius 1 is 0.786 bits per heavy atom. The summed E-state index contributed by atoms with van der Waals surface area (Å²) in [4.78, 5) is 40.6. The van der Waals surface area contributed by atoms with Gasteiger partial charge in [-0.15, -0.1) is 0 Å². The highest BCUT2D eigenvalue weighted by Crippen LogP contribution is 2.29. The van der Waals surface area contributed by atoms with Gasteiger partial charge in [0.1, 0.15) is 5.75 Å². The van der Waals surface area contributed by atoms with Crippen molar-refractivity contribution in [3.63, 3.8) is 0 Å². The van der Waals surface area contributed by atoms with Crippen LogP contribution in [-0.2, 0) is 17.8 Å². The number of carboxylic acids is 1. The smallest absolute Gasteiger partial charge is 0.305 e. The molecule has 1 atom stereocenters. The molecule has 42 heavy (non-hydrogen) atoms. The van der Waals surface area contributed by atoms with Gasteiger partial charge in [-0.3, -0.25) is 14.4 Å². The molecule has 7 nitrogen and oxygen atoms in total. The molecule has 0 radical (unpaired) electrons. The van der Waals surface area contributed by atoms with Crippen molar-refractivity contribution in [3.05, 3.63) is 125 Å². The molecule has 0 aliphatic carbocycles. The molecule has 2 N–H and O–H groups in total. The van der Waals surface area contributed by atoms with Gasteiger partial charge >= 0.3 is 5.97 Å². The molecule has 0 saturated carbocycles. The van der Waals surface area contributed by atoms with Gasteiger partial charge in [-0.1, -0.05) is 78.9 Å². The Morgan fingerprint density at radius 2 is 1.38 bits per heavy atom. The number of ether oxygens (including phenoxy) is 1. The van der Waals surface area contributed by atoms with Crippen LogP contribution in [0, 0.1) is 0 Å². The minimum Gasteiger partial charge on any atom is -0.497 e. The molecule has 4 aromatic carbocycles. The first-order valence-electron chi connectivity index (χ1n) is 14.0. The summed E-state index contributed by atoms with van der Waals surface area (Å²) in [5.41, 5.74) is 4.20. The molecule has 0 aliphatic heterocycles. The normalized spacial score (nSPS) is 11.4. The quantitative estimate of drug-likeness (QED) is 0.201. The van der Waals surface area contributed by atoms with Gasteiger partial charge in [-0.05, 0) is 66.3 Å². The molecule has 0 saturated heterocycles. The first-order chi connectivity index (χ1) is 20.4. The number of nitrogens with zero attached hydrogens (tertiary/aromatic N) is 1. The number of carbonyl (C=O) groups excluding carboxylic acids is 2. The van der Waals surface area contributed by atoms with Gasteiger partial charge < -0.3 is 20.1 Å². The zero-order chi connectivity index (χ0) is 29.9. The average molecular weight is 565 g/mol. The van der Waals surface area contributed by atoms with Crippen LogP contribution < -0.4 is 10.1 Å². The largest absolute Gasteiger partial charge is 0.497 e. The third-order valence-electron chi connectivity index (χ3n) is 7.28. The summed E-state index contributed by atoms with van der Waals surface area (Å²) >= 11 is 0. The van der Waals surface area contributed by atoms with Crippen LogP contribution in [0.4, 0.5) is 0 Å². The highest BCUT2D eigenvalue weighted by atomic mass is 16.5. The maximum Gasteiger partial charge on any atom is 0.305 e. The summed E-state index contributed by atoms with van der Waals surface area (Å²) in [6.07, 6.45) is 1.29. The van der Waals surface area contributed by atoms with E-state index < -0.39 is 5.97 Å². The Hall–Kier alpha value is -4.91. The third kappa shape index (κ3) is 7.85. The zero-order valence-electron chi connectivity index (χ0n) is 24.0.